The number of rotatable bonds is 6. The lowest BCUT2D eigenvalue weighted by molar-refractivity contribution is 0.245. The molecule has 1 N–H and O–H groups in total. The zero-order valence-corrected chi connectivity index (χ0v) is 11.7. The van der Waals surface area contributed by atoms with Crippen LogP contribution in [0.25, 0.3) is 0 Å². The third kappa shape index (κ3) is 3.58. The molecule has 0 spiro atoms. The van der Waals surface area contributed by atoms with Gasteiger partial charge in [0.15, 0.2) is 5.76 Å². The van der Waals surface area contributed by atoms with E-state index in [2.05, 4.69) is 36.5 Å². The van der Waals surface area contributed by atoms with Crippen LogP contribution in [0.5, 0.6) is 5.75 Å². The number of benzene rings is 1. The number of aryl methyl sites for hydroxylation is 2. The molecule has 19 heavy (non-hydrogen) atoms. The Hall–Kier alpha value is -1.81. The molecule has 0 amide bonds. The summed E-state index contributed by atoms with van der Waals surface area (Å²) >= 11 is 0. The molecule has 0 atom stereocenters. The van der Waals surface area contributed by atoms with Crippen molar-refractivity contribution >= 4 is 0 Å². The van der Waals surface area contributed by atoms with Crippen LogP contribution in [-0.2, 0) is 13.2 Å². The van der Waals surface area contributed by atoms with Crippen molar-refractivity contribution in [1.82, 2.24) is 10.5 Å². The molecule has 0 unspecified atom stereocenters. The first-order chi connectivity index (χ1) is 9.20. The van der Waals surface area contributed by atoms with Gasteiger partial charge >= 0.3 is 0 Å². The Balaban J connectivity index is 2.09. The summed E-state index contributed by atoms with van der Waals surface area (Å²) in [7, 11) is 0. The number of nitrogens with one attached hydrogen (secondary N) is 1. The highest BCUT2D eigenvalue weighted by Crippen LogP contribution is 2.24. The van der Waals surface area contributed by atoms with Gasteiger partial charge in [-0.25, -0.2) is 0 Å². The molecule has 0 radical (unpaired) electrons. The van der Waals surface area contributed by atoms with E-state index in [1.165, 1.54) is 0 Å². The summed E-state index contributed by atoms with van der Waals surface area (Å²) in [5.74, 6) is 1.67. The first-order valence-corrected chi connectivity index (χ1v) is 6.55. The largest absolute Gasteiger partial charge is 0.485 e. The molecule has 0 saturated carbocycles. The number of hydrogen-bond acceptors (Lipinski definition) is 4. The van der Waals surface area contributed by atoms with E-state index in [9.17, 15) is 0 Å². The lowest BCUT2D eigenvalue weighted by atomic mass is 10.1. The smallest absolute Gasteiger partial charge is 0.174 e. The predicted octanol–water partition coefficient (Wildman–Crippen LogP) is 2.98. The number of aromatic nitrogens is 1. The fourth-order valence-electron chi connectivity index (χ4n) is 1.95. The summed E-state index contributed by atoms with van der Waals surface area (Å²) in [4.78, 5) is 0. The lowest BCUT2D eigenvalue weighted by Gasteiger charge is -2.13. The second-order valence-corrected chi connectivity index (χ2v) is 4.57. The Morgan fingerprint density at radius 2 is 2.16 bits per heavy atom. The van der Waals surface area contributed by atoms with Crippen LogP contribution in [0.1, 0.15) is 29.5 Å². The van der Waals surface area contributed by atoms with Crippen molar-refractivity contribution in [3.05, 3.63) is 46.8 Å². The Morgan fingerprint density at radius 3 is 2.84 bits per heavy atom. The van der Waals surface area contributed by atoms with E-state index in [1.54, 1.807) is 0 Å². The molecule has 2 aromatic rings. The zero-order chi connectivity index (χ0) is 13.7. The van der Waals surface area contributed by atoms with Crippen LogP contribution in [0, 0.1) is 13.8 Å². The van der Waals surface area contributed by atoms with Gasteiger partial charge in [0.05, 0.1) is 5.69 Å². The SMILES string of the molecule is CCNCc1cccc(C)c1OCc1cc(C)no1. The van der Waals surface area contributed by atoms with Crippen LogP contribution in [0.15, 0.2) is 28.8 Å². The van der Waals surface area contributed by atoms with Gasteiger partial charge in [-0.3, -0.25) is 0 Å². The quantitative estimate of drug-likeness (QED) is 0.867. The van der Waals surface area contributed by atoms with Gasteiger partial charge < -0.3 is 14.6 Å². The maximum Gasteiger partial charge on any atom is 0.174 e. The van der Waals surface area contributed by atoms with Crippen LogP contribution in [0.4, 0.5) is 0 Å². The molecule has 0 aliphatic heterocycles. The van der Waals surface area contributed by atoms with E-state index in [4.69, 9.17) is 9.26 Å². The summed E-state index contributed by atoms with van der Waals surface area (Å²) in [5.41, 5.74) is 3.17. The summed E-state index contributed by atoms with van der Waals surface area (Å²) in [6.07, 6.45) is 0. The van der Waals surface area contributed by atoms with Gasteiger partial charge in [-0.05, 0) is 26.0 Å². The lowest BCUT2D eigenvalue weighted by Crippen LogP contribution is -2.13. The van der Waals surface area contributed by atoms with E-state index >= 15 is 0 Å². The zero-order valence-electron chi connectivity index (χ0n) is 11.7. The Morgan fingerprint density at radius 1 is 1.32 bits per heavy atom. The van der Waals surface area contributed by atoms with Gasteiger partial charge in [-0.15, -0.1) is 0 Å². The van der Waals surface area contributed by atoms with Gasteiger partial charge in [0.2, 0.25) is 0 Å². The van der Waals surface area contributed by atoms with Crippen molar-refractivity contribution in [2.75, 3.05) is 6.54 Å². The predicted molar refractivity (Wildman–Crippen MR) is 74.1 cm³/mol. The summed E-state index contributed by atoms with van der Waals surface area (Å²) in [6, 6.07) is 8.07. The highest BCUT2D eigenvalue weighted by Gasteiger charge is 2.08. The Labute approximate surface area is 113 Å². The van der Waals surface area contributed by atoms with Crippen LogP contribution < -0.4 is 10.1 Å². The standard InChI is InChI=1S/C15H20N2O2/c1-4-16-9-13-7-5-6-11(2)15(13)18-10-14-8-12(3)17-19-14/h5-8,16H,4,9-10H2,1-3H3. The number of ether oxygens (including phenoxy) is 1. The van der Waals surface area contributed by atoms with Gasteiger partial charge in [-0.2, -0.15) is 0 Å². The molecule has 102 valence electrons. The summed E-state index contributed by atoms with van der Waals surface area (Å²) < 4.78 is 11.0. The van der Waals surface area contributed by atoms with Crippen LogP contribution in [0.3, 0.4) is 0 Å². The molecule has 0 fully saturated rings. The number of hydrogen-bond donors (Lipinski definition) is 1. The first kappa shape index (κ1) is 13.6. The highest BCUT2D eigenvalue weighted by molar-refractivity contribution is 5.40. The molecular weight excluding hydrogens is 240 g/mol. The van der Waals surface area contributed by atoms with Gasteiger partial charge in [0.1, 0.15) is 12.4 Å². The van der Waals surface area contributed by atoms with E-state index in [-0.39, 0.29) is 0 Å². The Kier molecular flexibility index (Phi) is 4.58. The molecule has 1 aromatic carbocycles. The summed E-state index contributed by atoms with van der Waals surface area (Å²) in [5, 5.41) is 7.17. The Bertz CT molecular complexity index is 535. The number of para-hydroxylation sites is 1. The minimum absolute atomic E-state index is 0.408. The van der Waals surface area contributed by atoms with Crippen molar-refractivity contribution in [2.45, 2.75) is 33.9 Å². The van der Waals surface area contributed by atoms with Crippen molar-refractivity contribution in [3.8, 4) is 5.75 Å². The van der Waals surface area contributed by atoms with Crippen LogP contribution >= 0.6 is 0 Å². The molecular formula is C15H20N2O2. The molecule has 4 heteroatoms. The highest BCUT2D eigenvalue weighted by atomic mass is 16.5. The molecule has 4 nitrogen and oxygen atoms in total. The minimum atomic E-state index is 0.408. The van der Waals surface area contributed by atoms with Crippen molar-refractivity contribution in [3.63, 3.8) is 0 Å². The molecule has 0 aliphatic rings. The maximum absolute atomic E-state index is 5.89. The van der Waals surface area contributed by atoms with Crippen molar-refractivity contribution < 1.29 is 9.26 Å². The maximum atomic E-state index is 5.89. The molecule has 0 aliphatic carbocycles. The first-order valence-electron chi connectivity index (χ1n) is 6.55. The van der Waals surface area contributed by atoms with Crippen molar-refractivity contribution in [1.29, 1.82) is 0 Å². The second-order valence-electron chi connectivity index (χ2n) is 4.57. The van der Waals surface area contributed by atoms with Crippen LogP contribution in [0.2, 0.25) is 0 Å². The summed E-state index contributed by atoms with van der Waals surface area (Å²) in [6.45, 7) is 8.20. The van der Waals surface area contributed by atoms with E-state index in [0.29, 0.717) is 6.61 Å². The van der Waals surface area contributed by atoms with Gasteiger partial charge in [0, 0.05) is 18.2 Å². The van der Waals surface area contributed by atoms with E-state index in [1.807, 2.05) is 19.1 Å². The average Bonchev–Trinajstić information content (AvgIpc) is 2.81. The third-order valence-corrected chi connectivity index (χ3v) is 2.89. The fraction of sp³-hybridized carbons (Fsp3) is 0.400. The van der Waals surface area contributed by atoms with Crippen LogP contribution in [-0.4, -0.2) is 11.7 Å². The fourth-order valence-corrected chi connectivity index (χ4v) is 1.95. The normalized spacial score (nSPS) is 10.7. The van der Waals surface area contributed by atoms with Gasteiger partial charge in [-0.1, -0.05) is 30.3 Å². The average molecular weight is 260 g/mol. The van der Waals surface area contributed by atoms with E-state index < -0.39 is 0 Å². The number of nitrogens with zero attached hydrogens (tertiary/aromatic N) is 1. The second kappa shape index (κ2) is 6.38. The van der Waals surface area contributed by atoms with Gasteiger partial charge in [0.25, 0.3) is 0 Å². The molecule has 1 heterocycles. The molecule has 0 saturated heterocycles. The molecule has 0 bridgehead atoms. The topological polar surface area (TPSA) is 47.3 Å². The molecule has 2 rings (SSSR count). The third-order valence-electron chi connectivity index (χ3n) is 2.89. The molecule has 1 aromatic heterocycles. The minimum Gasteiger partial charge on any atom is -0.485 e. The van der Waals surface area contributed by atoms with E-state index in [0.717, 1.165) is 41.4 Å². The monoisotopic (exact) mass is 260 g/mol. The van der Waals surface area contributed by atoms with Crippen molar-refractivity contribution in [2.24, 2.45) is 0 Å².